The van der Waals surface area contributed by atoms with Crippen LogP contribution in [0, 0.1) is 0 Å². The van der Waals surface area contributed by atoms with Gasteiger partial charge in [0.1, 0.15) is 5.82 Å². The number of sulfonamides is 1. The number of imidazole rings is 1. The Morgan fingerprint density at radius 1 is 1.08 bits per heavy atom. The molecule has 0 radical (unpaired) electrons. The van der Waals surface area contributed by atoms with Gasteiger partial charge in [-0.25, -0.2) is 18.5 Å². The van der Waals surface area contributed by atoms with Crippen molar-refractivity contribution in [1.82, 2.24) is 9.55 Å². The first-order chi connectivity index (χ1) is 12.1. The molecule has 1 aromatic heterocycles. The van der Waals surface area contributed by atoms with Gasteiger partial charge >= 0.3 is 6.18 Å². The smallest absolute Gasteiger partial charge is 0.299 e. The molecule has 0 bridgehead atoms. The van der Waals surface area contributed by atoms with Crippen LogP contribution in [0.5, 0.6) is 0 Å². The molecular weight excluding hydrogens is 391 g/mol. The number of primary sulfonamides is 1. The van der Waals surface area contributed by atoms with E-state index >= 15 is 0 Å². The van der Waals surface area contributed by atoms with Gasteiger partial charge in [0, 0.05) is 22.5 Å². The van der Waals surface area contributed by atoms with Crippen molar-refractivity contribution >= 4 is 21.6 Å². The van der Waals surface area contributed by atoms with Crippen molar-refractivity contribution in [1.29, 1.82) is 0 Å². The fourth-order valence-corrected chi connectivity index (χ4v) is 3.04. The Labute approximate surface area is 151 Å². The first kappa shape index (κ1) is 18.4. The average molecular weight is 402 g/mol. The summed E-state index contributed by atoms with van der Waals surface area (Å²) in [5, 5.41) is 5.38. The Bertz CT molecular complexity index is 1060. The standard InChI is InChI=1S/C16H11ClF3N3O2S/c17-11-2-1-3-12(8-11)23-9-14(16(18,19)20)22-15(23)10-4-6-13(7-5-10)26(21,24)25/h1-9H,(H2,21,24,25). The molecular formula is C16H11ClF3N3O2S. The molecule has 136 valence electrons. The number of nitrogens with two attached hydrogens (primary N) is 1. The highest BCUT2D eigenvalue weighted by Crippen LogP contribution is 2.33. The van der Waals surface area contributed by atoms with E-state index in [-0.39, 0.29) is 16.3 Å². The van der Waals surface area contributed by atoms with Gasteiger partial charge in [-0.15, -0.1) is 0 Å². The Balaban J connectivity index is 2.18. The molecule has 0 spiro atoms. The second-order valence-corrected chi connectivity index (χ2v) is 7.36. The minimum absolute atomic E-state index is 0.0134. The van der Waals surface area contributed by atoms with Crippen LogP contribution >= 0.6 is 11.6 Å². The van der Waals surface area contributed by atoms with Gasteiger partial charge in [0.15, 0.2) is 5.69 Å². The van der Waals surface area contributed by atoms with Gasteiger partial charge in [0.05, 0.1) is 4.90 Å². The first-order valence-corrected chi connectivity index (χ1v) is 9.04. The van der Waals surface area contributed by atoms with Crippen LogP contribution < -0.4 is 5.14 Å². The molecule has 0 aliphatic heterocycles. The zero-order chi connectivity index (χ0) is 19.1. The van der Waals surface area contributed by atoms with Gasteiger partial charge < -0.3 is 0 Å². The maximum absolute atomic E-state index is 13.1. The van der Waals surface area contributed by atoms with E-state index in [2.05, 4.69) is 4.98 Å². The fraction of sp³-hybridized carbons (Fsp3) is 0.0625. The van der Waals surface area contributed by atoms with Crippen LogP contribution in [0.3, 0.4) is 0 Å². The van der Waals surface area contributed by atoms with Crippen molar-refractivity contribution in [2.75, 3.05) is 0 Å². The molecule has 0 aliphatic carbocycles. The molecule has 0 unspecified atom stereocenters. The molecule has 26 heavy (non-hydrogen) atoms. The van der Waals surface area contributed by atoms with Crippen LogP contribution in [0.2, 0.25) is 5.02 Å². The lowest BCUT2D eigenvalue weighted by Crippen LogP contribution is -2.11. The Hall–Kier alpha value is -2.36. The summed E-state index contributed by atoms with van der Waals surface area (Å²) in [5.74, 6) is -0.0134. The molecule has 0 atom stereocenters. The summed E-state index contributed by atoms with van der Waals surface area (Å²) in [7, 11) is -3.91. The van der Waals surface area contributed by atoms with Crippen LogP contribution in [0.15, 0.2) is 59.6 Å². The normalized spacial score (nSPS) is 12.3. The SMILES string of the molecule is NS(=O)(=O)c1ccc(-c2nc(C(F)(F)F)cn2-c2cccc(Cl)c2)cc1. The van der Waals surface area contributed by atoms with Gasteiger partial charge in [-0.05, 0) is 42.5 Å². The Morgan fingerprint density at radius 2 is 1.73 bits per heavy atom. The van der Waals surface area contributed by atoms with E-state index in [1.165, 1.54) is 34.9 Å². The summed E-state index contributed by atoms with van der Waals surface area (Å²) in [6, 6.07) is 11.3. The van der Waals surface area contributed by atoms with E-state index in [9.17, 15) is 21.6 Å². The molecule has 0 fully saturated rings. The number of alkyl halides is 3. The quantitative estimate of drug-likeness (QED) is 0.723. The summed E-state index contributed by atoms with van der Waals surface area (Å²) >= 11 is 5.92. The second kappa shape index (κ2) is 6.42. The maximum atomic E-state index is 13.1. The summed E-state index contributed by atoms with van der Waals surface area (Å²) in [4.78, 5) is 3.51. The van der Waals surface area contributed by atoms with Crippen LogP contribution in [0.1, 0.15) is 5.69 Å². The molecule has 0 saturated heterocycles. The Morgan fingerprint density at radius 3 is 2.27 bits per heavy atom. The summed E-state index contributed by atoms with van der Waals surface area (Å²) in [6.45, 7) is 0. The van der Waals surface area contributed by atoms with Gasteiger partial charge in [-0.1, -0.05) is 17.7 Å². The van der Waals surface area contributed by atoms with Gasteiger partial charge in [0.25, 0.3) is 0 Å². The molecule has 0 aliphatic rings. The highest BCUT2D eigenvalue weighted by atomic mass is 35.5. The minimum atomic E-state index is -4.64. The number of rotatable bonds is 3. The lowest BCUT2D eigenvalue weighted by atomic mass is 10.2. The summed E-state index contributed by atoms with van der Waals surface area (Å²) in [6.07, 6.45) is -3.78. The monoisotopic (exact) mass is 401 g/mol. The number of benzene rings is 2. The number of hydrogen-bond acceptors (Lipinski definition) is 3. The average Bonchev–Trinajstić information content (AvgIpc) is 3.00. The van der Waals surface area contributed by atoms with Crippen LogP contribution in [0.4, 0.5) is 13.2 Å². The molecule has 2 N–H and O–H groups in total. The minimum Gasteiger partial charge on any atom is -0.299 e. The number of nitrogens with zero attached hydrogens (tertiary/aromatic N) is 2. The predicted molar refractivity (Wildman–Crippen MR) is 90.4 cm³/mol. The van der Waals surface area contributed by atoms with E-state index in [1.54, 1.807) is 18.2 Å². The number of aromatic nitrogens is 2. The van der Waals surface area contributed by atoms with Crippen LogP contribution in [0.25, 0.3) is 17.1 Å². The van der Waals surface area contributed by atoms with Crippen molar-refractivity contribution in [3.63, 3.8) is 0 Å². The molecule has 5 nitrogen and oxygen atoms in total. The van der Waals surface area contributed by atoms with E-state index in [1.807, 2.05) is 0 Å². The van der Waals surface area contributed by atoms with Gasteiger partial charge in [-0.3, -0.25) is 4.57 Å². The first-order valence-electron chi connectivity index (χ1n) is 7.11. The van der Waals surface area contributed by atoms with Crippen molar-refractivity contribution in [3.8, 4) is 17.1 Å². The topological polar surface area (TPSA) is 78.0 Å². The zero-order valence-electron chi connectivity index (χ0n) is 12.9. The van der Waals surface area contributed by atoms with E-state index in [0.717, 1.165) is 6.20 Å². The second-order valence-electron chi connectivity index (χ2n) is 5.37. The van der Waals surface area contributed by atoms with Crippen molar-refractivity contribution in [2.24, 2.45) is 5.14 Å². The highest BCUT2D eigenvalue weighted by Gasteiger charge is 2.35. The maximum Gasteiger partial charge on any atom is 0.434 e. The van der Waals surface area contributed by atoms with Crippen molar-refractivity contribution in [2.45, 2.75) is 11.1 Å². The lowest BCUT2D eigenvalue weighted by Gasteiger charge is -2.08. The van der Waals surface area contributed by atoms with Gasteiger partial charge in [-0.2, -0.15) is 13.2 Å². The molecule has 3 rings (SSSR count). The summed E-state index contributed by atoms with van der Waals surface area (Å²) in [5.41, 5.74) is -0.415. The lowest BCUT2D eigenvalue weighted by molar-refractivity contribution is -0.140. The molecule has 2 aromatic carbocycles. The predicted octanol–water partition coefficient (Wildman–Crippen LogP) is 3.86. The molecule has 3 aromatic rings. The Kier molecular flexibility index (Phi) is 4.55. The molecule has 0 saturated carbocycles. The highest BCUT2D eigenvalue weighted by molar-refractivity contribution is 7.89. The third-order valence-corrected chi connectivity index (χ3v) is 4.69. The molecule has 1 heterocycles. The van der Waals surface area contributed by atoms with Crippen molar-refractivity contribution in [3.05, 3.63) is 65.4 Å². The number of hydrogen-bond donors (Lipinski definition) is 1. The fourth-order valence-electron chi connectivity index (χ4n) is 2.34. The largest absolute Gasteiger partial charge is 0.434 e. The van der Waals surface area contributed by atoms with E-state index in [4.69, 9.17) is 16.7 Å². The van der Waals surface area contributed by atoms with E-state index in [0.29, 0.717) is 10.7 Å². The third-order valence-electron chi connectivity index (χ3n) is 3.52. The molecule has 0 amide bonds. The summed E-state index contributed by atoms with van der Waals surface area (Å²) < 4.78 is 63.3. The van der Waals surface area contributed by atoms with Gasteiger partial charge in [0.2, 0.25) is 10.0 Å². The third kappa shape index (κ3) is 3.74. The van der Waals surface area contributed by atoms with Crippen LogP contribution in [-0.4, -0.2) is 18.0 Å². The zero-order valence-corrected chi connectivity index (χ0v) is 14.5. The van der Waals surface area contributed by atoms with Crippen LogP contribution in [-0.2, 0) is 16.2 Å². The van der Waals surface area contributed by atoms with E-state index < -0.39 is 21.9 Å². The number of halogens is 4. The molecule has 10 heteroatoms. The van der Waals surface area contributed by atoms with Crippen molar-refractivity contribution < 1.29 is 21.6 Å².